The Balaban J connectivity index is 2.54. The molecule has 1 rings (SSSR count). The maximum absolute atomic E-state index is 11.8. The minimum absolute atomic E-state index is 0.0339. The molecule has 0 saturated carbocycles. The second-order valence-electron chi connectivity index (χ2n) is 3.14. The predicted molar refractivity (Wildman–Crippen MR) is 71.9 cm³/mol. The second-order valence-corrected chi connectivity index (χ2v) is 6.51. The van der Waals surface area contributed by atoms with Crippen LogP contribution in [-0.4, -0.2) is 24.0 Å². The predicted octanol–water partition coefficient (Wildman–Crippen LogP) is 3.38. The highest BCUT2D eigenvalue weighted by Crippen LogP contribution is 2.22. The molecule has 84 valence electrons. The summed E-state index contributed by atoms with van der Waals surface area (Å²) in [6.07, 6.45) is 3.02. The zero-order chi connectivity index (χ0) is 11.3. The minimum atomic E-state index is 0.0339. The fourth-order valence-electron chi connectivity index (χ4n) is 1.16. The van der Waals surface area contributed by atoms with Crippen molar-refractivity contribution in [1.82, 2.24) is 5.32 Å². The van der Waals surface area contributed by atoms with E-state index in [-0.39, 0.29) is 11.9 Å². The van der Waals surface area contributed by atoms with Crippen molar-refractivity contribution in [2.24, 2.45) is 0 Å². The van der Waals surface area contributed by atoms with Crippen LogP contribution >= 0.6 is 39.0 Å². The van der Waals surface area contributed by atoms with Gasteiger partial charge in [-0.25, -0.2) is 0 Å². The van der Waals surface area contributed by atoms with Crippen LogP contribution in [0.5, 0.6) is 0 Å². The first-order chi connectivity index (χ1) is 7.17. The number of nitrogens with one attached hydrogen (secondary N) is 1. The van der Waals surface area contributed by atoms with Crippen molar-refractivity contribution >= 4 is 44.9 Å². The van der Waals surface area contributed by atoms with Gasteiger partial charge in [0.15, 0.2) is 0 Å². The van der Waals surface area contributed by atoms with E-state index in [1.807, 2.05) is 12.1 Å². The molecule has 1 N–H and O–H groups in total. The van der Waals surface area contributed by atoms with Gasteiger partial charge >= 0.3 is 0 Å². The summed E-state index contributed by atoms with van der Waals surface area (Å²) >= 11 is 6.57. The van der Waals surface area contributed by atoms with Crippen LogP contribution < -0.4 is 5.32 Å². The van der Waals surface area contributed by atoms with Gasteiger partial charge in [0.2, 0.25) is 0 Å². The van der Waals surface area contributed by atoms with E-state index in [0.29, 0.717) is 0 Å². The topological polar surface area (TPSA) is 29.1 Å². The van der Waals surface area contributed by atoms with Crippen molar-refractivity contribution < 1.29 is 4.79 Å². The van der Waals surface area contributed by atoms with Crippen LogP contribution in [0.4, 0.5) is 0 Å². The van der Waals surface area contributed by atoms with E-state index in [1.54, 1.807) is 11.8 Å². The summed E-state index contributed by atoms with van der Waals surface area (Å²) < 4.78 is 0.991. The van der Waals surface area contributed by atoms with Gasteiger partial charge in [0.1, 0.15) is 0 Å². The Kier molecular flexibility index (Phi) is 5.71. The van der Waals surface area contributed by atoms with Crippen LogP contribution in [0.3, 0.4) is 0 Å². The minimum Gasteiger partial charge on any atom is -0.348 e. The van der Waals surface area contributed by atoms with Crippen LogP contribution in [0.2, 0.25) is 0 Å². The van der Waals surface area contributed by atoms with Gasteiger partial charge < -0.3 is 5.32 Å². The van der Waals surface area contributed by atoms with Gasteiger partial charge in [-0.1, -0.05) is 6.92 Å². The average molecular weight is 308 g/mol. The molecule has 5 heteroatoms. The second kappa shape index (κ2) is 6.55. The van der Waals surface area contributed by atoms with Crippen molar-refractivity contribution in [3.05, 3.63) is 20.8 Å². The summed E-state index contributed by atoms with van der Waals surface area (Å²) in [5.41, 5.74) is 0. The normalized spacial score (nSPS) is 12.5. The summed E-state index contributed by atoms with van der Waals surface area (Å²) in [4.78, 5) is 12.5. The molecule has 1 amide bonds. The molecule has 1 aromatic rings. The molecule has 0 saturated heterocycles. The molecule has 15 heavy (non-hydrogen) atoms. The molecular formula is C10H14BrNOS2. The fraction of sp³-hybridized carbons (Fsp3) is 0.500. The van der Waals surface area contributed by atoms with Gasteiger partial charge in [-0.2, -0.15) is 11.8 Å². The molecule has 1 heterocycles. The molecular weight excluding hydrogens is 294 g/mol. The Morgan fingerprint density at radius 2 is 2.40 bits per heavy atom. The van der Waals surface area contributed by atoms with E-state index in [2.05, 4.69) is 34.4 Å². The fourth-order valence-corrected chi connectivity index (χ4v) is 3.17. The summed E-state index contributed by atoms with van der Waals surface area (Å²) in [6, 6.07) is 4.01. The van der Waals surface area contributed by atoms with E-state index in [0.717, 1.165) is 20.8 Å². The third-order valence-electron chi connectivity index (χ3n) is 1.99. The van der Waals surface area contributed by atoms with Crippen LogP contribution in [0.15, 0.2) is 15.9 Å². The van der Waals surface area contributed by atoms with Gasteiger partial charge in [-0.15, -0.1) is 11.3 Å². The number of rotatable bonds is 5. The largest absolute Gasteiger partial charge is 0.348 e. The molecule has 0 aliphatic rings. The molecule has 1 atom stereocenters. The first-order valence-corrected chi connectivity index (χ1v) is 7.72. The van der Waals surface area contributed by atoms with Crippen molar-refractivity contribution in [2.45, 2.75) is 19.4 Å². The number of halogens is 1. The van der Waals surface area contributed by atoms with Crippen LogP contribution in [0.1, 0.15) is 23.0 Å². The smallest absolute Gasteiger partial charge is 0.261 e. The Morgan fingerprint density at radius 3 is 2.87 bits per heavy atom. The summed E-state index contributed by atoms with van der Waals surface area (Å²) in [5, 5.41) is 3.03. The van der Waals surface area contributed by atoms with Crippen LogP contribution in [0.25, 0.3) is 0 Å². The molecule has 0 aliphatic heterocycles. The highest BCUT2D eigenvalue weighted by molar-refractivity contribution is 9.11. The average Bonchev–Trinajstić information content (AvgIpc) is 2.64. The maximum Gasteiger partial charge on any atom is 0.261 e. The van der Waals surface area contributed by atoms with Gasteiger partial charge in [-0.05, 0) is 40.7 Å². The molecule has 0 spiro atoms. The summed E-state index contributed by atoms with van der Waals surface area (Å²) in [6.45, 7) is 2.09. The van der Waals surface area contributed by atoms with Crippen LogP contribution in [-0.2, 0) is 0 Å². The van der Waals surface area contributed by atoms with E-state index < -0.39 is 0 Å². The zero-order valence-electron chi connectivity index (χ0n) is 8.75. The first kappa shape index (κ1) is 13.1. The van der Waals surface area contributed by atoms with Crippen LogP contribution in [0, 0.1) is 0 Å². The Bertz CT molecular complexity index is 327. The quantitative estimate of drug-likeness (QED) is 0.903. The number of carbonyl (C=O) groups excluding carboxylic acids is 1. The van der Waals surface area contributed by atoms with Crippen molar-refractivity contribution in [3.63, 3.8) is 0 Å². The Morgan fingerprint density at radius 1 is 1.67 bits per heavy atom. The molecule has 0 bridgehead atoms. The third kappa shape index (κ3) is 4.17. The standard InChI is InChI=1S/C10H14BrNOS2/c1-3-7(6-14-2)12-10(13)8-4-5-9(11)15-8/h4-5,7H,3,6H2,1-2H3,(H,12,13). The third-order valence-corrected chi connectivity index (χ3v) is 4.35. The van der Waals surface area contributed by atoms with Crippen molar-refractivity contribution in [3.8, 4) is 0 Å². The molecule has 0 aliphatic carbocycles. The monoisotopic (exact) mass is 307 g/mol. The van der Waals surface area contributed by atoms with Gasteiger partial charge in [0.05, 0.1) is 8.66 Å². The number of thioether (sulfide) groups is 1. The molecule has 0 fully saturated rings. The van der Waals surface area contributed by atoms with E-state index in [9.17, 15) is 4.79 Å². The molecule has 2 nitrogen and oxygen atoms in total. The van der Waals surface area contributed by atoms with E-state index in [1.165, 1.54) is 11.3 Å². The lowest BCUT2D eigenvalue weighted by atomic mass is 10.2. The van der Waals surface area contributed by atoms with Gasteiger partial charge in [0.25, 0.3) is 5.91 Å². The van der Waals surface area contributed by atoms with Crippen molar-refractivity contribution in [2.75, 3.05) is 12.0 Å². The Hall–Kier alpha value is -0.0000000000000000833. The van der Waals surface area contributed by atoms with Gasteiger partial charge in [0, 0.05) is 11.8 Å². The molecule has 0 aromatic carbocycles. The van der Waals surface area contributed by atoms with Gasteiger partial charge in [-0.3, -0.25) is 4.79 Å². The van der Waals surface area contributed by atoms with E-state index >= 15 is 0 Å². The number of hydrogen-bond acceptors (Lipinski definition) is 3. The summed E-state index contributed by atoms with van der Waals surface area (Å²) in [7, 11) is 0. The molecule has 1 aromatic heterocycles. The number of amides is 1. The molecule has 1 unspecified atom stereocenters. The zero-order valence-corrected chi connectivity index (χ0v) is 12.0. The lowest BCUT2D eigenvalue weighted by Crippen LogP contribution is -2.35. The number of carbonyl (C=O) groups is 1. The SMILES string of the molecule is CCC(CSC)NC(=O)c1ccc(Br)s1. The lowest BCUT2D eigenvalue weighted by molar-refractivity contribution is 0.0944. The maximum atomic E-state index is 11.8. The van der Waals surface area contributed by atoms with E-state index in [4.69, 9.17) is 0 Å². The number of thiophene rings is 1. The summed E-state index contributed by atoms with van der Waals surface area (Å²) in [5.74, 6) is 1.00. The first-order valence-electron chi connectivity index (χ1n) is 4.72. The molecule has 0 radical (unpaired) electrons. The Labute approximate surface area is 107 Å². The highest BCUT2D eigenvalue weighted by Gasteiger charge is 2.12. The lowest BCUT2D eigenvalue weighted by Gasteiger charge is -2.14. The highest BCUT2D eigenvalue weighted by atomic mass is 79.9. The number of hydrogen-bond donors (Lipinski definition) is 1. The van der Waals surface area contributed by atoms with Crippen molar-refractivity contribution in [1.29, 1.82) is 0 Å².